The van der Waals surface area contributed by atoms with Crippen LogP contribution in [0, 0.1) is 0 Å². The zero-order valence-corrected chi connectivity index (χ0v) is 27.3. The van der Waals surface area contributed by atoms with Gasteiger partial charge in [0.25, 0.3) is 0 Å². The second kappa shape index (κ2) is 9.03. The molecule has 0 unspecified atom stereocenters. The summed E-state index contributed by atoms with van der Waals surface area (Å²) in [7, 11) is 0. The van der Waals surface area contributed by atoms with Crippen LogP contribution in [0.25, 0.3) is 11.1 Å². The smallest absolute Gasteiger partial charge is 0.0123 e. The largest absolute Gasteiger partial charge is 0.0561 e. The number of hydrogen-bond donors (Lipinski definition) is 0. The van der Waals surface area contributed by atoms with Crippen molar-refractivity contribution in [1.82, 2.24) is 0 Å². The van der Waals surface area contributed by atoms with Crippen molar-refractivity contribution in [2.75, 3.05) is 0 Å². The summed E-state index contributed by atoms with van der Waals surface area (Å²) in [4.78, 5) is 0. The van der Waals surface area contributed by atoms with Gasteiger partial charge in [-0.25, -0.2) is 0 Å². The molecule has 0 atom stereocenters. The molecule has 0 aliphatic rings. The van der Waals surface area contributed by atoms with E-state index < -0.39 is 0 Å². The van der Waals surface area contributed by atoms with Gasteiger partial charge in [0.05, 0.1) is 0 Å². The van der Waals surface area contributed by atoms with Gasteiger partial charge in [0.1, 0.15) is 0 Å². The van der Waals surface area contributed by atoms with Gasteiger partial charge in [0, 0.05) is 0 Å². The van der Waals surface area contributed by atoms with Gasteiger partial charge >= 0.3 is 0 Å². The third-order valence-electron chi connectivity index (χ3n) is 7.41. The normalized spacial score (nSPS) is 14.4. The van der Waals surface area contributed by atoms with Crippen LogP contribution in [0.1, 0.15) is 158 Å². The fourth-order valence-electron chi connectivity index (χ4n) is 5.37. The zero-order chi connectivity index (χ0) is 28.4. The lowest BCUT2D eigenvalue weighted by molar-refractivity contribution is 0.518. The second-order valence-electron chi connectivity index (χ2n) is 17.4. The monoisotopic (exact) mass is 490 g/mol. The zero-order valence-electron chi connectivity index (χ0n) is 27.3. The van der Waals surface area contributed by atoms with Gasteiger partial charge in [0.2, 0.25) is 0 Å². The molecule has 0 N–H and O–H groups in total. The summed E-state index contributed by atoms with van der Waals surface area (Å²) in [6.07, 6.45) is 0. The lowest BCUT2D eigenvalue weighted by Crippen LogP contribution is -2.28. The summed E-state index contributed by atoms with van der Waals surface area (Å²) in [5, 5.41) is 0. The Morgan fingerprint density at radius 3 is 0.722 bits per heavy atom. The summed E-state index contributed by atoms with van der Waals surface area (Å²) in [5.74, 6) is 0. The van der Waals surface area contributed by atoms with E-state index in [9.17, 15) is 0 Å². The topological polar surface area (TPSA) is 0 Å². The second-order valence-corrected chi connectivity index (χ2v) is 17.4. The van der Waals surface area contributed by atoms with E-state index in [0.29, 0.717) is 0 Å². The van der Waals surface area contributed by atoms with Crippen molar-refractivity contribution in [3.05, 3.63) is 57.6 Å². The molecule has 0 fully saturated rings. The van der Waals surface area contributed by atoms with Crippen LogP contribution in [0.4, 0.5) is 0 Å². The number of hydrogen-bond acceptors (Lipinski definition) is 0. The maximum absolute atomic E-state index is 2.54. The fourth-order valence-corrected chi connectivity index (χ4v) is 5.37. The minimum atomic E-state index is 0.0170. The molecular formula is C36H58. The summed E-state index contributed by atoms with van der Waals surface area (Å²) in [6, 6.07) is 10.1. The Labute approximate surface area is 225 Å². The minimum absolute atomic E-state index is 0.0170. The molecule has 0 amide bonds. The predicted molar refractivity (Wildman–Crippen MR) is 164 cm³/mol. The standard InChI is InChI=1S/C36H58/c1-31(2,3)23-19-25(29(35(13,14)15)27(21-23)33(7,8)9)26-20-24(32(4,5)6)22-28(34(10,11)12)30(26)36(16,17)18/h19-22H,1-18H3. The van der Waals surface area contributed by atoms with Crippen LogP contribution < -0.4 is 0 Å². The van der Waals surface area contributed by atoms with Gasteiger partial charge in [-0.05, 0) is 77.0 Å². The Balaban J connectivity index is 3.38. The summed E-state index contributed by atoms with van der Waals surface area (Å²) in [6.45, 7) is 42.8. The lowest BCUT2D eigenvalue weighted by Gasteiger charge is -2.39. The lowest BCUT2D eigenvalue weighted by atomic mass is 9.66. The molecule has 0 aliphatic heterocycles. The molecule has 0 spiro atoms. The molecule has 0 aliphatic carbocycles. The average Bonchev–Trinajstić information content (AvgIpc) is 2.61. The van der Waals surface area contributed by atoms with Crippen LogP contribution in [0.15, 0.2) is 24.3 Å². The van der Waals surface area contributed by atoms with Gasteiger partial charge in [-0.15, -0.1) is 0 Å². The van der Waals surface area contributed by atoms with E-state index >= 15 is 0 Å². The molecule has 0 saturated carbocycles. The Hall–Kier alpha value is -1.56. The predicted octanol–water partition coefficient (Wildman–Crippen LogP) is 11.1. The van der Waals surface area contributed by atoms with Crippen LogP contribution in [-0.4, -0.2) is 0 Å². The molecule has 2 rings (SSSR count). The Bertz CT molecular complexity index is 1000. The average molecular weight is 491 g/mol. The van der Waals surface area contributed by atoms with Gasteiger partial charge in [0.15, 0.2) is 0 Å². The molecule has 0 aromatic heterocycles. The minimum Gasteiger partial charge on any atom is -0.0561 e. The number of rotatable bonds is 1. The van der Waals surface area contributed by atoms with Crippen molar-refractivity contribution in [3.8, 4) is 11.1 Å². The van der Waals surface area contributed by atoms with Gasteiger partial charge in [-0.2, -0.15) is 0 Å². The van der Waals surface area contributed by atoms with Crippen LogP contribution >= 0.6 is 0 Å². The molecule has 2 aromatic rings. The third kappa shape index (κ3) is 6.46. The molecule has 0 nitrogen and oxygen atoms in total. The van der Waals surface area contributed by atoms with E-state index in [0.717, 1.165) is 0 Å². The highest BCUT2D eigenvalue weighted by Gasteiger charge is 2.35. The molecule has 0 radical (unpaired) electrons. The maximum atomic E-state index is 2.54. The van der Waals surface area contributed by atoms with Crippen LogP contribution in [0.3, 0.4) is 0 Å². The molecule has 0 saturated heterocycles. The highest BCUT2D eigenvalue weighted by Crippen LogP contribution is 2.49. The maximum Gasteiger partial charge on any atom is -0.0123 e. The van der Waals surface area contributed by atoms with Crippen LogP contribution in [0.5, 0.6) is 0 Å². The van der Waals surface area contributed by atoms with Crippen molar-refractivity contribution < 1.29 is 0 Å². The van der Waals surface area contributed by atoms with Crippen LogP contribution in [0.2, 0.25) is 0 Å². The first-order chi connectivity index (χ1) is 15.7. The van der Waals surface area contributed by atoms with Gasteiger partial charge in [-0.1, -0.05) is 149 Å². The highest BCUT2D eigenvalue weighted by molar-refractivity contribution is 5.78. The molecule has 2 aromatic carbocycles. The Morgan fingerprint density at radius 2 is 0.556 bits per heavy atom. The van der Waals surface area contributed by atoms with E-state index in [1.54, 1.807) is 0 Å². The van der Waals surface area contributed by atoms with E-state index in [1.807, 2.05) is 0 Å². The van der Waals surface area contributed by atoms with E-state index in [2.05, 4.69) is 149 Å². The SMILES string of the molecule is CC(C)(C)c1cc(-c2cc(C(C)(C)C)cc(C(C)(C)C)c2C(C)(C)C)c(C(C)(C)C)c(C(C)(C)C)c1. The summed E-state index contributed by atoms with van der Waals surface area (Å²) >= 11 is 0. The summed E-state index contributed by atoms with van der Waals surface area (Å²) in [5.41, 5.74) is 12.0. The van der Waals surface area contributed by atoms with Crippen molar-refractivity contribution in [2.24, 2.45) is 0 Å². The third-order valence-corrected chi connectivity index (χ3v) is 7.41. The molecule has 36 heavy (non-hydrogen) atoms. The van der Waals surface area contributed by atoms with Crippen LogP contribution in [-0.2, 0) is 32.5 Å². The highest BCUT2D eigenvalue weighted by atomic mass is 14.4. The number of benzene rings is 2. The molecule has 0 heterocycles. The molecule has 0 bridgehead atoms. The quantitative estimate of drug-likeness (QED) is 0.373. The van der Waals surface area contributed by atoms with Gasteiger partial charge < -0.3 is 0 Å². The van der Waals surface area contributed by atoms with E-state index in [-0.39, 0.29) is 32.5 Å². The van der Waals surface area contributed by atoms with E-state index in [4.69, 9.17) is 0 Å². The summed E-state index contributed by atoms with van der Waals surface area (Å²) < 4.78 is 0. The molecule has 202 valence electrons. The Morgan fingerprint density at radius 1 is 0.306 bits per heavy atom. The first-order valence-electron chi connectivity index (χ1n) is 14.1. The Kier molecular flexibility index (Phi) is 7.69. The van der Waals surface area contributed by atoms with Gasteiger partial charge in [-0.3, -0.25) is 0 Å². The first-order valence-corrected chi connectivity index (χ1v) is 14.1. The van der Waals surface area contributed by atoms with Crippen molar-refractivity contribution >= 4 is 0 Å². The fraction of sp³-hybridized carbons (Fsp3) is 0.667. The van der Waals surface area contributed by atoms with E-state index in [1.165, 1.54) is 44.5 Å². The van der Waals surface area contributed by atoms with Crippen molar-refractivity contribution in [1.29, 1.82) is 0 Å². The van der Waals surface area contributed by atoms with Crippen molar-refractivity contribution in [2.45, 2.75) is 157 Å². The molecular weight excluding hydrogens is 432 g/mol. The molecule has 0 heteroatoms. The van der Waals surface area contributed by atoms with Crippen molar-refractivity contribution in [3.63, 3.8) is 0 Å². The first kappa shape index (κ1) is 30.7.